The minimum absolute atomic E-state index is 0.0416. The van der Waals surface area contributed by atoms with Crippen molar-refractivity contribution in [2.24, 2.45) is 0 Å². The topological polar surface area (TPSA) is 16.1 Å². The van der Waals surface area contributed by atoms with Crippen LogP contribution in [0.25, 0.3) is 32.8 Å². The van der Waals surface area contributed by atoms with Gasteiger partial charge in [0.1, 0.15) is 0 Å². The van der Waals surface area contributed by atoms with Gasteiger partial charge in [0, 0.05) is 33.9 Å². The summed E-state index contributed by atoms with van der Waals surface area (Å²) in [5, 5.41) is 4.89. The summed E-state index contributed by atoms with van der Waals surface area (Å²) in [7, 11) is 0. The van der Waals surface area contributed by atoms with E-state index in [-0.39, 0.29) is 11.1 Å². The molecule has 1 heterocycles. The van der Waals surface area contributed by atoms with Gasteiger partial charge in [0.2, 0.25) is 0 Å². The molecule has 0 radical (unpaired) electrons. The highest BCUT2D eigenvalue weighted by Gasteiger charge is 2.34. The normalized spacial score (nSPS) is 12.5. The van der Waals surface area contributed by atoms with Gasteiger partial charge in [-0.3, -0.25) is 4.98 Å². The zero-order valence-corrected chi connectivity index (χ0v) is 18.3. The quantitative estimate of drug-likeness (QED) is 0.358. The van der Waals surface area contributed by atoms with Gasteiger partial charge in [-0.05, 0) is 69.8 Å². The summed E-state index contributed by atoms with van der Waals surface area (Å²) in [6.07, 6.45) is 1.93. The SMILES string of the molecule is CC(C)(C)N(c1ccc2ccccc2c1-c1nccc2ccccc12)C(C)(C)C. The van der Waals surface area contributed by atoms with E-state index in [1.807, 2.05) is 6.20 Å². The van der Waals surface area contributed by atoms with Crippen LogP contribution in [0, 0.1) is 0 Å². The lowest BCUT2D eigenvalue weighted by molar-refractivity contribution is 0.381. The molecule has 0 bridgehead atoms. The highest BCUT2D eigenvalue weighted by atomic mass is 15.2. The van der Waals surface area contributed by atoms with Gasteiger partial charge in [-0.15, -0.1) is 0 Å². The molecule has 29 heavy (non-hydrogen) atoms. The monoisotopic (exact) mass is 382 g/mol. The molecule has 0 amide bonds. The highest BCUT2D eigenvalue weighted by molar-refractivity contribution is 6.08. The summed E-state index contributed by atoms with van der Waals surface area (Å²) >= 11 is 0. The number of anilines is 1. The van der Waals surface area contributed by atoms with Crippen molar-refractivity contribution in [3.63, 3.8) is 0 Å². The van der Waals surface area contributed by atoms with Crippen LogP contribution in [0.5, 0.6) is 0 Å². The van der Waals surface area contributed by atoms with Crippen molar-refractivity contribution in [1.29, 1.82) is 0 Å². The van der Waals surface area contributed by atoms with Gasteiger partial charge in [0.25, 0.3) is 0 Å². The fourth-order valence-electron chi connectivity index (χ4n) is 4.74. The van der Waals surface area contributed by atoms with Crippen LogP contribution in [-0.4, -0.2) is 16.1 Å². The molecule has 0 aliphatic carbocycles. The number of nitrogens with zero attached hydrogens (tertiary/aromatic N) is 2. The Kier molecular flexibility index (Phi) is 4.61. The van der Waals surface area contributed by atoms with Crippen LogP contribution in [0.15, 0.2) is 72.9 Å². The smallest absolute Gasteiger partial charge is 0.0807 e. The summed E-state index contributed by atoms with van der Waals surface area (Å²) in [5.74, 6) is 0. The number of pyridine rings is 1. The average molecular weight is 383 g/mol. The fraction of sp³-hybridized carbons (Fsp3) is 0.296. The lowest BCUT2D eigenvalue weighted by atomic mass is 9.90. The molecule has 0 saturated carbocycles. The lowest BCUT2D eigenvalue weighted by Gasteiger charge is -2.48. The Morgan fingerprint density at radius 2 is 1.17 bits per heavy atom. The number of hydrogen-bond acceptors (Lipinski definition) is 2. The molecule has 2 heteroatoms. The minimum Gasteiger partial charge on any atom is -0.361 e. The average Bonchev–Trinajstić information content (AvgIpc) is 2.65. The van der Waals surface area contributed by atoms with Gasteiger partial charge < -0.3 is 4.90 Å². The van der Waals surface area contributed by atoms with Crippen molar-refractivity contribution in [2.75, 3.05) is 4.90 Å². The second kappa shape index (κ2) is 6.88. The van der Waals surface area contributed by atoms with Gasteiger partial charge >= 0.3 is 0 Å². The zero-order chi connectivity index (χ0) is 20.8. The summed E-state index contributed by atoms with van der Waals surface area (Å²) in [6.45, 7) is 13.7. The maximum atomic E-state index is 4.91. The second-order valence-electron chi connectivity index (χ2n) is 9.74. The maximum Gasteiger partial charge on any atom is 0.0807 e. The highest BCUT2D eigenvalue weighted by Crippen LogP contribution is 2.44. The fourth-order valence-corrected chi connectivity index (χ4v) is 4.74. The second-order valence-corrected chi connectivity index (χ2v) is 9.74. The van der Waals surface area contributed by atoms with E-state index in [4.69, 9.17) is 4.98 Å². The predicted octanol–water partition coefficient (Wildman–Crippen LogP) is 7.46. The number of hydrogen-bond donors (Lipinski definition) is 0. The van der Waals surface area contributed by atoms with Crippen molar-refractivity contribution >= 4 is 27.2 Å². The Balaban J connectivity index is 2.16. The molecule has 148 valence electrons. The molecule has 4 aromatic rings. The molecule has 0 N–H and O–H groups in total. The molecular formula is C27H30N2. The summed E-state index contributed by atoms with van der Waals surface area (Å²) in [6, 6.07) is 23.8. The summed E-state index contributed by atoms with van der Waals surface area (Å²) in [4.78, 5) is 7.44. The first-order chi connectivity index (χ1) is 13.7. The van der Waals surface area contributed by atoms with Crippen molar-refractivity contribution in [1.82, 2.24) is 4.98 Å². The molecule has 3 aromatic carbocycles. The summed E-state index contributed by atoms with van der Waals surface area (Å²) in [5.41, 5.74) is 3.41. The van der Waals surface area contributed by atoms with E-state index < -0.39 is 0 Å². The first-order valence-electron chi connectivity index (χ1n) is 10.3. The van der Waals surface area contributed by atoms with Crippen molar-refractivity contribution in [3.8, 4) is 11.3 Å². The van der Waals surface area contributed by atoms with Crippen molar-refractivity contribution in [3.05, 3.63) is 72.9 Å². The number of aromatic nitrogens is 1. The van der Waals surface area contributed by atoms with Gasteiger partial charge in [0.05, 0.1) is 5.69 Å². The molecule has 2 nitrogen and oxygen atoms in total. The van der Waals surface area contributed by atoms with Gasteiger partial charge in [-0.2, -0.15) is 0 Å². The van der Waals surface area contributed by atoms with Gasteiger partial charge in [-0.1, -0.05) is 54.6 Å². The van der Waals surface area contributed by atoms with E-state index in [2.05, 4.69) is 113 Å². The molecule has 0 saturated heterocycles. The third-order valence-corrected chi connectivity index (χ3v) is 5.40. The van der Waals surface area contributed by atoms with Crippen LogP contribution in [0.2, 0.25) is 0 Å². The van der Waals surface area contributed by atoms with E-state index in [0.29, 0.717) is 0 Å². The van der Waals surface area contributed by atoms with Crippen LogP contribution in [0.3, 0.4) is 0 Å². The Labute approximate surface area is 174 Å². The largest absolute Gasteiger partial charge is 0.361 e. The maximum absolute atomic E-state index is 4.91. The molecule has 0 spiro atoms. The van der Waals surface area contributed by atoms with Crippen LogP contribution < -0.4 is 4.90 Å². The van der Waals surface area contributed by atoms with E-state index >= 15 is 0 Å². The van der Waals surface area contributed by atoms with Crippen molar-refractivity contribution < 1.29 is 0 Å². The zero-order valence-electron chi connectivity index (χ0n) is 18.3. The number of rotatable bonds is 2. The standard InChI is InChI=1S/C27H30N2/c1-26(2,3)29(27(4,5)6)23-16-15-19-11-7-9-13-21(19)24(23)25-22-14-10-8-12-20(22)17-18-28-25/h7-18H,1-6H3. The van der Waals surface area contributed by atoms with E-state index in [9.17, 15) is 0 Å². The van der Waals surface area contributed by atoms with Crippen molar-refractivity contribution in [2.45, 2.75) is 52.6 Å². The Morgan fingerprint density at radius 1 is 0.621 bits per heavy atom. The molecular weight excluding hydrogens is 352 g/mol. The molecule has 0 aliphatic rings. The molecule has 0 aliphatic heterocycles. The minimum atomic E-state index is -0.0416. The molecule has 0 unspecified atom stereocenters. The molecule has 4 rings (SSSR count). The van der Waals surface area contributed by atoms with E-state index in [0.717, 1.165) is 5.69 Å². The summed E-state index contributed by atoms with van der Waals surface area (Å²) < 4.78 is 0. The first kappa shape index (κ1) is 19.4. The third-order valence-electron chi connectivity index (χ3n) is 5.40. The van der Waals surface area contributed by atoms with E-state index in [1.54, 1.807) is 0 Å². The molecule has 0 fully saturated rings. The molecule has 1 aromatic heterocycles. The van der Waals surface area contributed by atoms with Crippen LogP contribution in [-0.2, 0) is 0 Å². The van der Waals surface area contributed by atoms with E-state index in [1.165, 1.54) is 32.8 Å². The van der Waals surface area contributed by atoms with Crippen LogP contribution in [0.4, 0.5) is 5.69 Å². The van der Waals surface area contributed by atoms with Gasteiger partial charge in [0.15, 0.2) is 0 Å². The number of benzene rings is 3. The van der Waals surface area contributed by atoms with Crippen LogP contribution >= 0.6 is 0 Å². The lowest BCUT2D eigenvalue weighted by Crippen LogP contribution is -2.53. The van der Waals surface area contributed by atoms with Crippen LogP contribution in [0.1, 0.15) is 41.5 Å². The third kappa shape index (κ3) is 3.48. The first-order valence-corrected chi connectivity index (χ1v) is 10.3. The Bertz CT molecular complexity index is 1160. The van der Waals surface area contributed by atoms with Gasteiger partial charge in [-0.25, -0.2) is 0 Å². The number of fused-ring (bicyclic) bond motifs is 2. The molecule has 0 atom stereocenters. The Morgan fingerprint density at radius 3 is 1.79 bits per heavy atom. The Hall–Kier alpha value is -2.87. The predicted molar refractivity (Wildman–Crippen MR) is 127 cm³/mol.